The van der Waals surface area contributed by atoms with Crippen LogP contribution < -0.4 is 4.90 Å². The molecule has 2 heterocycles. The van der Waals surface area contributed by atoms with Crippen molar-refractivity contribution in [3.63, 3.8) is 0 Å². The Hall–Kier alpha value is -1.59. The largest absolute Gasteiger partial charge is 0.368 e. The van der Waals surface area contributed by atoms with E-state index in [0.29, 0.717) is 4.58 Å². The van der Waals surface area contributed by atoms with Gasteiger partial charge >= 0.3 is 0 Å². The van der Waals surface area contributed by atoms with Crippen LogP contribution in [0.1, 0.15) is 38.1 Å². The molecule has 0 atom stereocenters. The Balaban J connectivity index is 1.38. The summed E-state index contributed by atoms with van der Waals surface area (Å²) in [5.41, 5.74) is 6.13. The minimum absolute atomic E-state index is 0.163. The number of benzene rings is 2. The van der Waals surface area contributed by atoms with Crippen LogP contribution in [0.5, 0.6) is 0 Å². The number of piperazine rings is 1. The zero-order valence-corrected chi connectivity index (χ0v) is 18.3. The van der Waals surface area contributed by atoms with Gasteiger partial charge in [-0.1, -0.05) is 24.3 Å². The molecule has 0 N–H and O–H groups in total. The van der Waals surface area contributed by atoms with E-state index in [0.717, 1.165) is 31.7 Å². The standard InChI is InChI=1S/C23H28N2OS2/c1-17-5-3-6-21(18(17)2)24-11-13-25(14-12-24)22(26)19-7-9-20(10-8-19)23-27-15-4-16-28-23/h3,5-10,23H,4,11-16H2,1-2H3. The molecule has 2 aliphatic rings. The van der Waals surface area contributed by atoms with Crippen molar-refractivity contribution in [2.75, 3.05) is 42.6 Å². The molecule has 148 valence electrons. The molecule has 0 aromatic heterocycles. The van der Waals surface area contributed by atoms with E-state index in [1.807, 2.05) is 40.6 Å². The van der Waals surface area contributed by atoms with Crippen molar-refractivity contribution < 1.29 is 4.79 Å². The SMILES string of the molecule is Cc1cccc(N2CCN(C(=O)c3ccc(C4SCCCS4)cc3)CC2)c1C. The molecule has 4 rings (SSSR count). The fourth-order valence-electron chi connectivity index (χ4n) is 3.87. The Bertz CT molecular complexity index is 823. The predicted octanol–water partition coefficient (Wildman–Crippen LogP) is 5.13. The molecular formula is C23H28N2OS2. The Labute approximate surface area is 176 Å². The van der Waals surface area contributed by atoms with Gasteiger partial charge in [0, 0.05) is 37.4 Å². The lowest BCUT2D eigenvalue weighted by Crippen LogP contribution is -2.49. The predicted molar refractivity (Wildman–Crippen MR) is 123 cm³/mol. The molecule has 3 nitrogen and oxygen atoms in total. The van der Waals surface area contributed by atoms with Crippen molar-refractivity contribution in [1.29, 1.82) is 0 Å². The summed E-state index contributed by atoms with van der Waals surface area (Å²) in [6.45, 7) is 7.69. The Kier molecular flexibility index (Phi) is 6.22. The zero-order chi connectivity index (χ0) is 19.5. The maximum atomic E-state index is 12.9. The number of aryl methyl sites for hydroxylation is 1. The van der Waals surface area contributed by atoms with E-state index in [1.54, 1.807) is 0 Å². The van der Waals surface area contributed by atoms with Crippen LogP contribution in [-0.2, 0) is 0 Å². The summed E-state index contributed by atoms with van der Waals surface area (Å²) < 4.78 is 0.527. The first-order valence-corrected chi connectivity index (χ1v) is 12.2. The minimum Gasteiger partial charge on any atom is -0.368 e. The average molecular weight is 413 g/mol. The second-order valence-corrected chi connectivity index (χ2v) is 10.3. The molecular weight excluding hydrogens is 384 g/mol. The third kappa shape index (κ3) is 4.20. The van der Waals surface area contributed by atoms with Crippen molar-refractivity contribution in [1.82, 2.24) is 4.90 Å². The molecule has 0 spiro atoms. The maximum absolute atomic E-state index is 12.9. The number of amides is 1. The van der Waals surface area contributed by atoms with Crippen LogP contribution in [0.3, 0.4) is 0 Å². The summed E-state index contributed by atoms with van der Waals surface area (Å²) >= 11 is 4.04. The molecule has 28 heavy (non-hydrogen) atoms. The highest BCUT2D eigenvalue weighted by atomic mass is 32.2. The van der Waals surface area contributed by atoms with Gasteiger partial charge in [0.15, 0.2) is 0 Å². The highest BCUT2D eigenvalue weighted by Gasteiger charge is 2.24. The van der Waals surface area contributed by atoms with Gasteiger partial charge < -0.3 is 9.80 Å². The smallest absolute Gasteiger partial charge is 0.253 e. The van der Waals surface area contributed by atoms with Crippen LogP contribution in [0, 0.1) is 13.8 Å². The van der Waals surface area contributed by atoms with Crippen LogP contribution in [-0.4, -0.2) is 48.5 Å². The van der Waals surface area contributed by atoms with Gasteiger partial charge in [-0.15, -0.1) is 23.5 Å². The van der Waals surface area contributed by atoms with Gasteiger partial charge in [0.05, 0.1) is 4.58 Å². The summed E-state index contributed by atoms with van der Waals surface area (Å²) in [6.07, 6.45) is 1.30. The van der Waals surface area contributed by atoms with Crippen LogP contribution >= 0.6 is 23.5 Å². The molecule has 0 unspecified atom stereocenters. The second-order valence-electron chi connectivity index (χ2n) is 7.55. The number of hydrogen-bond donors (Lipinski definition) is 0. The van der Waals surface area contributed by atoms with Crippen LogP contribution in [0.4, 0.5) is 5.69 Å². The number of thioether (sulfide) groups is 2. The van der Waals surface area contributed by atoms with Crippen molar-refractivity contribution in [2.24, 2.45) is 0 Å². The fourth-order valence-corrected chi connectivity index (χ4v) is 6.77. The molecule has 2 saturated heterocycles. The normalized spacial score (nSPS) is 18.4. The number of nitrogens with zero attached hydrogens (tertiary/aromatic N) is 2. The summed E-state index contributed by atoms with van der Waals surface area (Å²) in [5, 5.41) is 0. The van der Waals surface area contributed by atoms with E-state index >= 15 is 0 Å². The summed E-state index contributed by atoms with van der Waals surface area (Å²) in [6, 6.07) is 14.8. The van der Waals surface area contributed by atoms with E-state index < -0.39 is 0 Å². The third-order valence-corrected chi connectivity index (χ3v) is 8.76. The van der Waals surface area contributed by atoms with E-state index in [-0.39, 0.29) is 5.91 Å². The first-order chi connectivity index (χ1) is 13.6. The monoisotopic (exact) mass is 412 g/mol. The molecule has 0 radical (unpaired) electrons. The number of carbonyl (C=O) groups excluding carboxylic acids is 1. The van der Waals surface area contributed by atoms with Crippen LogP contribution in [0.2, 0.25) is 0 Å². The van der Waals surface area contributed by atoms with Gasteiger partial charge in [-0.2, -0.15) is 0 Å². The highest BCUT2D eigenvalue weighted by Crippen LogP contribution is 2.43. The summed E-state index contributed by atoms with van der Waals surface area (Å²) in [4.78, 5) is 17.4. The highest BCUT2D eigenvalue weighted by molar-refractivity contribution is 8.16. The van der Waals surface area contributed by atoms with Gasteiger partial charge in [0.25, 0.3) is 5.91 Å². The molecule has 2 aromatic carbocycles. The lowest BCUT2D eigenvalue weighted by molar-refractivity contribution is 0.0747. The molecule has 1 amide bonds. The number of hydrogen-bond acceptors (Lipinski definition) is 4. The van der Waals surface area contributed by atoms with E-state index in [9.17, 15) is 4.79 Å². The topological polar surface area (TPSA) is 23.6 Å². The number of carbonyl (C=O) groups is 1. The lowest BCUT2D eigenvalue weighted by atomic mass is 10.1. The molecule has 2 aliphatic heterocycles. The summed E-state index contributed by atoms with van der Waals surface area (Å²) in [5.74, 6) is 2.64. The molecule has 0 bridgehead atoms. The van der Waals surface area contributed by atoms with Gasteiger partial charge in [-0.05, 0) is 66.7 Å². The average Bonchev–Trinajstić information content (AvgIpc) is 2.76. The van der Waals surface area contributed by atoms with E-state index in [1.165, 1.54) is 40.3 Å². The first kappa shape index (κ1) is 19.7. The van der Waals surface area contributed by atoms with Gasteiger partial charge in [-0.3, -0.25) is 4.79 Å². The Morgan fingerprint density at radius 1 is 0.929 bits per heavy atom. The van der Waals surface area contributed by atoms with Crippen molar-refractivity contribution in [3.05, 3.63) is 64.7 Å². The van der Waals surface area contributed by atoms with Crippen molar-refractivity contribution >= 4 is 35.1 Å². The molecule has 0 aliphatic carbocycles. The van der Waals surface area contributed by atoms with Crippen LogP contribution in [0.15, 0.2) is 42.5 Å². The fraction of sp³-hybridized carbons (Fsp3) is 0.435. The molecule has 2 aromatic rings. The number of rotatable bonds is 3. The molecule has 0 saturated carbocycles. The van der Waals surface area contributed by atoms with Gasteiger partial charge in [0.2, 0.25) is 0 Å². The molecule has 5 heteroatoms. The number of anilines is 1. The quantitative estimate of drug-likeness (QED) is 0.697. The zero-order valence-electron chi connectivity index (χ0n) is 16.7. The van der Waals surface area contributed by atoms with Gasteiger partial charge in [-0.25, -0.2) is 0 Å². The minimum atomic E-state index is 0.163. The third-order valence-electron chi connectivity index (χ3n) is 5.74. The van der Waals surface area contributed by atoms with E-state index in [2.05, 4.69) is 49.1 Å². The molecule has 2 fully saturated rings. The Morgan fingerprint density at radius 2 is 1.61 bits per heavy atom. The lowest BCUT2D eigenvalue weighted by Gasteiger charge is -2.37. The van der Waals surface area contributed by atoms with Crippen molar-refractivity contribution in [2.45, 2.75) is 24.9 Å². The maximum Gasteiger partial charge on any atom is 0.253 e. The summed E-state index contributed by atoms with van der Waals surface area (Å²) in [7, 11) is 0. The second kappa shape index (κ2) is 8.83. The Morgan fingerprint density at radius 3 is 2.29 bits per heavy atom. The van der Waals surface area contributed by atoms with Gasteiger partial charge in [0.1, 0.15) is 0 Å². The van der Waals surface area contributed by atoms with E-state index in [4.69, 9.17) is 0 Å². The van der Waals surface area contributed by atoms with Crippen LogP contribution in [0.25, 0.3) is 0 Å². The first-order valence-electron chi connectivity index (χ1n) is 10.1. The van der Waals surface area contributed by atoms with Crippen molar-refractivity contribution in [3.8, 4) is 0 Å².